The smallest absolute Gasteiger partial charge is 0.315 e. The number of nitrogens with one attached hydrogen (secondary N) is 2. The molecule has 5 heteroatoms. The zero-order valence-corrected chi connectivity index (χ0v) is 10.8. The zero-order valence-electron chi connectivity index (χ0n) is 10.8. The topological polar surface area (TPSA) is 70.6 Å². The Balaban J connectivity index is 2.35. The van der Waals surface area contributed by atoms with Gasteiger partial charge in [0.15, 0.2) is 0 Å². The Labute approximate surface area is 107 Å². The van der Waals surface area contributed by atoms with E-state index in [2.05, 4.69) is 10.6 Å². The molecule has 0 saturated carbocycles. The predicted molar refractivity (Wildman–Crippen MR) is 69.5 cm³/mol. The van der Waals surface area contributed by atoms with Crippen LogP contribution in [0, 0.1) is 0 Å². The third-order valence-corrected chi connectivity index (χ3v) is 2.53. The van der Waals surface area contributed by atoms with Gasteiger partial charge in [-0.1, -0.05) is 12.1 Å². The molecule has 3 N–H and O–H groups in total. The van der Waals surface area contributed by atoms with Crippen LogP contribution in [0.5, 0.6) is 5.75 Å². The molecule has 1 rings (SSSR count). The molecule has 0 spiro atoms. The molecule has 0 fully saturated rings. The highest BCUT2D eigenvalue weighted by Gasteiger charge is 2.09. The Morgan fingerprint density at radius 3 is 2.94 bits per heavy atom. The number of phenolic OH excluding ortho intramolecular Hbond substituents is 1. The molecule has 100 valence electrons. The summed E-state index contributed by atoms with van der Waals surface area (Å²) in [6, 6.07) is 6.47. The first kappa shape index (κ1) is 14.3. The molecule has 1 aromatic rings. The number of aromatic hydroxyl groups is 1. The van der Waals surface area contributed by atoms with Gasteiger partial charge in [0.1, 0.15) is 5.75 Å². The van der Waals surface area contributed by atoms with Crippen molar-refractivity contribution in [3.8, 4) is 5.75 Å². The standard InChI is InChI=1S/C13H20N2O3/c1-10(11-5-3-6-12(16)9-11)15-13(17)14-7-4-8-18-2/h3,5-6,9-10,16H,4,7-8H2,1-2H3,(H2,14,15,17)/t10-/m1/s1. The summed E-state index contributed by atoms with van der Waals surface area (Å²) in [4.78, 5) is 11.5. The maximum Gasteiger partial charge on any atom is 0.315 e. The Morgan fingerprint density at radius 1 is 1.50 bits per heavy atom. The van der Waals surface area contributed by atoms with Gasteiger partial charge in [-0.15, -0.1) is 0 Å². The number of hydrogen-bond acceptors (Lipinski definition) is 3. The van der Waals surface area contributed by atoms with Gasteiger partial charge in [0.25, 0.3) is 0 Å². The summed E-state index contributed by atoms with van der Waals surface area (Å²) in [5.74, 6) is 0.196. The van der Waals surface area contributed by atoms with Gasteiger partial charge >= 0.3 is 6.03 Å². The maximum absolute atomic E-state index is 11.5. The molecule has 2 amide bonds. The van der Waals surface area contributed by atoms with Crippen LogP contribution in [0.15, 0.2) is 24.3 Å². The van der Waals surface area contributed by atoms with Crippen LogP contribution in [0.3, 0.4) is 0 Å². The Morgan fingerprint density at radius 2 is 2.28 bits per heavy atom. The number of benzene rings is 1. The quantitative estimate of drug-likeness (QED) is 0.676. The van der Waals surface area contributed by atoms with Gasteiger partial charge in [-0.05, 0) is 31.0 Å². The lowest BCUT2D eigenvalue weighted by Crippen LogP contribution is -2.37. The zero-order chi connectivity index (χ0) is 13.4. The van der Waals surface area contributed by atoms with Crippen molar-refractivity contribution in [1.29, 1.82) is 0 Å². The molecule has 0 bridgehead atoms. The molecular formula is C13H20N2O3. The van der Waals surface area contributed by atoms with E-state index in [1.165, 1.54) is 0 Å². The van der Waals surface area contributed by atoms with E-state index in [0.717, 1.165) is 12.0 Å². The van der Waals surface area contributed by atoms with E-state index in [1.807, 2.05) is 13.0 Å². The number of carbonyl (C=O) groups is 1. The SMILES string of the molecule is COCCCNC(=O)N[C@H](C)c1cccc(O)c1. The van der Waals surface area contributed by atoms with Crippen LogP contribution >= 0.6 is 0 Å². The van der Waals surface area contributed by atoms with Crippen molar-refractivity contribution in [3.05, 3.63) is 29.8 Å². The van der Waals surface area contributed by atoms with Crippen molar-refractivity contribution in [3.63, 3.8) is 0 Å². The van der Waals surface area contributed by atoms with Gasteiger partial charge in [-0.2, -0.15) is 0 Å². The van der Waals surface area contributed by atoms with E-state index in [4.69, 9.17) is 4.74 Å². The highest BCUT2D eigenvalue weighted by atomic mass is 16.5. The minimum atomic E-state index is -0.220. The number of urea groups is 1. The Hall–Kier alpha value is -1.75. The molecule has 0 saturated heterocycles. The van der Waals surface area contributed by atoms with Crippen LogP contribution in [-0.2, 0) is 4.74 Å². The summed E-state index contributed by atoms with van der Waals surface area (Å²) in [6.07, 6.45) is 0.782. The van der Waals surface area contributed by atoms with Crippen molar-refractivity contribution in [2.45, 2.75) is 19.4 Å². The lowest BCUT2D eigenvalue weighted by Gasteiger charge is -2.15. The largest absolute Gasteiger partial charge is 0.508 e. The fourth-order valence-electron chi connectivity index (χ4n) is 1.54. The molecule has 0 aliphatic carbocycles. The number of rotatable bonds is 6. The first-order valence-corrected chi connectivity index (χ1v) is 5.95. The first-order valence-electron chi connectivity index (χ1n) is 5.95. The molecule has 0 heterocycles. The second-order valence-electron chi connectivity index (χ2n) is 4.06. The van der Waals surface area contributed by atoms with Crippen molar-refractivity contribution in [1.82, 2.24) is 10.6 Å². The molecule has 1 aromatic carbocycles. The fourth-order valence-corrected chi connectivity index (χ4v) is 1.54. The lowest BCUT2D eigenvalue weighted by atomic mass is 10.1. The summed E-state index contributed by atoms with van der Waals surface area (Å²) < 4.78 is 4.89. The van der Waals surface area contributed by atoms with E-state index >= 15 is 0 Å². The van der Waals surface area contributed by atoms with Gasteiger partial charge in [0.05, 0.1) is 6.04 Å². The van der Waals surface area contributed by atoms with Crippen LogP contribution in [-0.4, -0.2) is 31.4 Å². The van der Waals surface area contributed by atoms with E-state index < -0.39 is 0 Å². The minimum absolute atomic E-state index is 0.153. The molecule has 5 nitrogen and oxygen atoms in total. The molecular weight excluding hydrogens is 232 g/mol. The number of methoxy groups -OCH3 is 1. The maximum atomic E-state index is 11.5. The van der Waals surface area contributed by atoms with Crippen LogP contribution in [0.4, 0.5) is 4.79 Å². The molecule has 0 aromatic heterocycles. The molecule has 1 atom stereocenters. The molecule has 0 unspecified atom stereocenters. The van der Waals surface area contributed by atoms with E-state index in [9.17, 15) is 9.90 Å². The van der Waals surface area contributed by atoms with E-state index in [-0.39, 0.29) is 17.8 Å². The third kappa shape index (κ3) is 5.05. The van der Waals surface area contributed by atoms with Crippen molar-refractivity contribution in [2.24, 2.45) is 0 Å². The first-order chi connectivity index (χ1) is 8.63. The number of hydrogen-bond donors (Lipinski definition) is 3. The number of phenols is 1. The highest BCUT2D eigenvalue weighted by Crippen LogP contribution is 2.17. The monoisotopic (exact) mass is 252 g/mol. The van der Waals surface area contributed by atoms with Gasteiger partial charge in [-0.3, -0.25) is 0 Å². The van der Waals surface area contributed by atoms with Crippen molar-refractivity contribution >= 4 is 6.03 Å². The van der Waals surface area contributed by atoms with Crippen LogP contribution in [0.2, 0.25) is 0 Å². The van der Waals surface area contributed by atoms with Crippen LogP contribution in [0.1, 0.15) is 24.9 Å². The second-order valence-corrected chi connectivity index (χ2v) is 4.06. The van der Waals surface area contributed by atoms with Gasteiger partial charge < -0.3 is 20.5 Å². The summed E-state index contributed by atoms with van der Waals surface area (Å²) in [6.45, 7) is 3.07. The average Bonchev–Trinajstić information content (AvgIpc) is 2.34. The number of amides is 2. The van der Waals surface area contributed by atoms with Crippen LogP contribution < -0.4 is 10.6 Å². The molecule has 0 aliphatic heterocycles. The van der Waals surface area contributed by atoms with Crippen molar-refractivity contribution in [2.75, 3.05) is 20.3 Å². The Bertz CT molecular complexity index is 382. The fraction of sp³-hybridized carbons (Fsp3) is 0.462. The van der Waals surface area contributed by atoms with Gasteiger partial charge in [0, 0.05) is 20.3 Å². The normalized spacial score (nSPS) is 11.9. The predicted octanol–water partition coefficient (Wildman–Crippen LogP) is 1.79. The van der Waals surface area contributed by atoms with Gasteiger partial charge in [-0.25, -0.2) is 4.79 Å². The van der Waals surface area contributed by atoms with Gasteiger partial charge in [0.2, 0.25) is 0 Å². The van der Waals surface area contributed by atoms with Crippen molar-refractivity contribution < 1.29 is 14.6 Å². The summed E-state index contributed by atoms with van der Waals surface area (Å²) in [5.41, 5.74) is 0.863. The number of carbonyl (C=O) groups excluding carboxylic acids is 1. The second kappa shape index (κ2) is 7.55. The summed E-state index contributed by atoms with van der Waals surface area (Å²) >= 11 is 0. The average molecular weight is 252 g/mol. The van der Waals surface area contributed by atoms with E-state index in [0.29, 0.717) is 13.2 Å². The van der Waals surface area contributed by atoms with Crippen LogP contribution in [0.25, 0.3) is 0 Å². The third-order valence-electron chi connectivity index (χ3n) is 2.53. The highest BCUT2D eigenvalue weighted by molar-refractivity contribution is 5.74. The summed E-state index contributed by atoms with van der Waals surface area (Å²) in [5, 5.41) is 14.9. The molecule has 18 heavy (non-hydrogen) atoms. The Kier molecular flexibility index (Phi) is 6.00. The summed E-state index contributed by atoms with van der Waals surface area (Å²) in [7, 11) is 1.63. The molecule has 0 aliphatic rings. The van der Waals surface area contributed by atoms with E-state index in [1.54, 1.807) is 25.3 Å². The number of ether oxygens (including phenoxy) is 1. The lowest BCUT2D eigenvalue weighted by molar-refractivity contribution is 0.193. The minimum Gasteiger partial charge on any atom is -0.508 e. The molecule has 0 radical (unpaired) electrons.